The number of benzene rings is 1. The lowest BCUT2D eigenvalue weighted by molar-refractivity contribution is -0.147. The maximum Gasteiger partial charge on any atom is 0.313 e. The van der Waals surface area contributed by atoms with Gasteiger partial charge in [-0.05, 0) is 37.7 Å². The van der Waals surface area contributed by atoms with Crippen LogP contribution in [0.25, 0.3) is 0 Å². The third kappa shape index (κ3) is 5.94. The highest BCUT2D eigenvalue weighted by molar-refractivity contribution is 5.78. The zero-order valence-corrected chi connectivity index (χ0v) is 15.3. The summed E-state index contributed by atoms with van der Waals surface area (Å²) in [5, 5.41) is 3.42. The maximum absolute atomic E-state index is 12.8. The van der Waals surface area contributed by atoms with Gasteiger partial charge in [-0.1, -0.05) is 62.9 Å². The molecule has 0 amide bonds. The van der Waals surface area contributed by atoms with Crippen LogP contribution in [0.15, 0.2) is 30.3 Å². The topological polar surface area (TPSA) is 38.3 Å². The van der Waals surface area contributed by atoms with Crippen molar-refractivity contribution in [2.24, 2.45) is 5.92 Å². The average molecular weight is 332 g/mol. The normalized spacial score (nSPS) is 18.1. The molecule has 1 aliphatic carbocycles. The van der Waals surface area contributed by atoms with E-state index in [9.17, 15) is 4.79 Å². The highest BCUT2D eigenvalue weighted by Crippen LogP contribution is 2.36. The third-order valence-electron chi connectivity index (χ3n) is 5.09. The van der Waals surface area contributed by atoms with Crippen LogP contribution in [-0.2, 0) is 9.53 Å². The van der Waals surface area contributed by atoms with Crippen LogP contribution in [0.5, 0.6) is 0 Å². The number of carbonyl (C=O) groups excluding carboxylic acids is 1. The van der Waals surface area contributed by atoms with Gasteiger partial charge >= 0.3 is 5.97 Å². The van der Waals surface area contributed by atoms with Crippen molar-refractivity contribution in [2.75, 3.05) is 13.2 Å². The SMILES string of the molecule is CCCC(C)NCCOC(=O)C(c1ccccc1)C1CCCCC1. The first-order chi connectivity index (χ1) is 11.7. The van der Waals surface area contributed by atoms with Gasteiger partial charge in [0.25, 0.3) is 0 Å². The second kappa shape index (κ2) is 10.5. The Morgan fingerprint density at radius 2 is 1.92 bits per heavy atom. The van der Waals surface area contributed by atoms with Gasteiger partial charge in [-0.25, -0.2) is 0 Å². The lowest BCUT2D eigenvalue weighted by Gasteiger charge is -2.29. The van der Waals surface area contributed by atoms with Crippen LogP contribution >= 0.6 is 0 Å². The molecule has 0 aliphatic heterocycles. The molecule has 0 saturated heterocycles. The minimum Gasteiger partial charge on any atom is -0.464 e. The summed E-state index contributed by atoms with van der Waals surface area (Å²) >= 11 is 0. The van der Waals surface area contributed by atoms with Crippen molar-refractivity contribution >= 4 is 5.97 Å². The molecule has 1 aromatic carbocycles. The average Bonchev–Trinajstić information content (AvgIpc) is 2.61. The van der Waals surface area contributed by atoms with Gasteiger partial charge in [0, 0.05) is 12.6 Å². The van der Waals surface area contributed by atoms with E-state index in [1.165, 1.54) is 25.7 Å². The molecule has 2 unspecified atom stereocenters. The number of hydrogen-bond donors (Lipinski definition) is 1. The molecule has 1 aromatic rings. The molecule has 0 spiro atoms. The van der Waals surface area contributed by atoms with E-state index in [-0.39, 0.29) is 11.9 Å². The Labute approximate surface area is 147 Å². The van der Waals surface area contributed by atoms with E-state index in [0.717, 1.165) is 31.4 Å². The van der Waals surface area contributed by atoms with Crippen molar-refractivity contribution in [3.8, 4) is 0 Å². The van der Waals surface area contributed by atoms with Crippen LogP contribution in [0.2, 0.25) is 0 Å². The minimum absolute atomic E-state index is 0.0435. The molecule has 0 radical (unpaired) electrons. The lowest BCUT2D eigenvalue weighted by Crippen LogP contribution is -2.32. The first kappa shape index (κ1) is 19.0. The van der Waals surface area contributed by atoms with Crippen LogP contribution in [-0.4, -0.2) is 25.2 Å². The van der Waals surface area contributed by atoms with E-state index in [1.54, 1.807) is 0 Å². The summed E-state index contributed by atoms with van der Waals surface area (Å²) < 4.78 is 5.64. The molecule has 1 aliphatic rings. The molecule has 0 heterocycles. The number of carbonyl (C=O) groups is 1. The fraction of sp³-hybridized carbons (Fsp3) is 0.667. The van der Waals surface area contributed by atoms with Crippen molar-refractivity contribution in [1.29, 1.82) is 0 Å². The van der Waals surface area contributed by atoms with Gasteiger partial charge < -0.3 is 10.1 Å². The fourth-order valence-corrected chi connectivity index (χ4v) is 3.81. The van der Waals surface area contributed by atoms with Gasteiger partial charge in [0.05, 0.1) is 5.92 Å². The highest BCUT2D eigenvalue weighted by atomic mass is 16.5. The predicted octanol–water partition coefficient (Wildman–Crippen LogP) is 4.67. The molecular formula is C21H33NO2. The Kier molecular flexibility index (Phi) is 8.31. The fourth-order valence-electron chi connectivity index (χ4n) is 3.81. The Hall–Kier alpha value is -1.35. The van der Waals surface area contributed by atoms with E-state index >= 15 is 0 Å². The number of nitrogens with one attached hydrogen (secondary N) is 1. The second-order valence-corrected chi connectivity index (χ2v) is 7.10. The second-order valence-electron chi connectivity index (χ2n) is 7.10. The lowest BCUT2D eigenvalue weighted by atomic mass is 9.77. The van der Waals surface area contributed by atoms with E-state index < -0.39 is 0 Å². The summed E-state index contributed by atoms with van der Waals surface area (Å²) in [7, 11) is 0. The Bertz CT molecular complexity index is 468. The predicted molar refractivity (Wildman–Crippen MR) is 99.1 cm³/mol. The van der Waals surface area contributed by atoms with E-state index in [2.05, 4.69) is 31.3 Å². The Morgan fingerprint density at radius 3 is 2.58 bits per heavy atom. The molecule has 24 heavy (non-hydrogen) atoms. The number of ether oxygens (including phenoxy) is 1. The van der Waals surface area contributed by atoms with Gasteiger partial charge in [0.15, 0.2) is 0 Å². The van der Waals surface area contributed by atoms with Crippen molar-refractivity contribution < 1.29 is 9.53 Å². The Balaban J connectivity index is 1.90. The summed E-state index contributed by atoms with van der Waals surface area (Å²) in [6.45, 7) is 5.56. The first-order valence-corrected chi connectivity index (χ1v) is 9.67. The maximum atomic E-state index is 12.8. The van der Waals surface area contributed by atoms with Gasteiger partial charge in [0.1, 0.15) is 6.61 Å². The van der Waals surface area contributed by atoms with E-state index in [0.29, 0.717) is 18.6 Å². The minimum atomic E-state index is -0.0976. The molecule has 134 valence electrons. The molecule has 3 heteroatoms. The smallest absolute Gasteiger partial charge is 0.313 e. The van der Waals surface area contributed by atoms with Crippen molar-refractivity contribution in [3.63, 3.8) is 0 Å². The van der Waals surface area contributed by atoms with Gasteiger partial charge in [-0.3, -0.25) is 4.79 Å². The molecular weight excluding hydrogens is 298 g/mol. The van der Waals surface area contributed by atoms with E-state index in [4.69, 9.17) is 4.74 Å². The monoisotopic (exact) mass is 331 g/mol. The largest absolute Gasteiger partial charge is 0.464 e. The summed E-state index contributed by atoms with van der Waals surface area (Å²) in [5.74, 6) is 0.290. The molecule has 0 bridgehead atoms. The Morgan fingerprint density at radius 1 is 1.21 bits per heavy atom. The van der Waals surface area contributed by atoms with E-state index in [1.807, 2.05) is 18.2 Å². The summed E-state index contributed by atoms with van der Waals surface area (Å²) in [4.78, 5) is 12.8. The zero-order valence-electron chi connectivity index (χ0n) is 15.3. The van der Waals surface area contributed by atoms with Crippen LogP contribution in [0.1, 0.15) is 70.3 Å². The van der Waals surface area contributed by atoms with Crippen LogP contribution in [0.3, 0.4) is 0 Å². The highest BCUT2D eigenvalue weighted by Gasteiger charge is 2.32. The first-order valence-electron chi connectivity index (χ1n) is 9.67. The molecule has 1 N–H and O–H groups in total. The molecule has 0 aromatic heterocycles. The van der Waals surface area contributed by atoms with Crippen molar-refractivity contribution in [1.82, 2.24) is 5.32 Å². The van der Waals surface area contributed by atoms with Crippen LogP contribution < -0.4 is 5.32 Å². The van der Waals surface area contributed by atoms with Crippen LogP contribution in [0.4, 0.5) is 0 Å². The number of rotatable bonds is 9. The van der Waals surface area contributed by atoms with Gasteiger partial charge in [-0.15, -0.1) is 0 Å². The third-order valence-corrected chi connectivity index (χ3v) is 5.09. The van der Waals surface area contributed by atoms with Crippen molar-refractivity contribution in [2.45, 2.75) is 70.8 Å². The number of esters is 1. The summed E-state index contributed by atoms with van der Waals surface area (Å²) in [5.41, 5.74) is 1.11. The quantitative estimate of drug-likeness (QED) is 0.528. The standard InChI is InChI=1S/C21H33NO2/c1-3-10-17(2)22-15-16-24-21(23)20(18-11-6-4-7-12-18)19-13-8-5-9-14-19/h4,6-7,11-12,17,19-20,22H,3,5,8-10,13-16H2,1-2H3. The summed E-state index contributed by atoms with van der Waals surface area (Å²) in [6.07, 6.45) is 8.37. The van der Waals surface area contributed by atoms with Crippen LogP contribution in [0, 0.1) is 5.92 Å². The van der Waals surface area contributed by atoms with Gasteiger partial charge in [-0.2, -0.15) is 0 Å². The molecule has 2 atom stereocenters. The molecule has 3 nitrogen and oxygen atoms in total. The molecule has 1 saturated carbocycles. The summed E-state index contributed by atoms with van der Waals surface area (Å²) in [6, 6.07) is 10.7. The number of hydrogen-bond acceptors (Lipinski definition) is 3. The molecule has 1 fully saturated rings. The zero-order chi connectivity index (χ0) is 17.2. The van der Waals surface area contributed by atoms with Gasteiger partial charge in [0.2, 0.25) is 0 Å². The molecule has 2 rings (SSSR count). The van der Waals surface area contributed by atoms with Crippen molar-refractivity contribution in [3.05, 3.63) is 35.9 Å².